The molecule has 3 heteroatoms. The van der Waals surface area contributed by atoms with E-state index in [4.69, 9.17) is 16.3 Å². The largest absolute Gasteiger partial charge is 0.371 e. The number of Topliss-reactive ketones (excluding diaryl/α,β-unsaturated/α-hetero) is 1. The van der Waals surface area contributed by atoms with Gasteiger partial charge >= 0.3 is 0 Å². The first-order valence-corrected chi connectivity index (χ1v) is 5.94. The molecule has 0 radical (unpaired) electrons. The standard InChI is InChI=1S/C13H17ClO2/c1-3-13(16-4-2)12(15)9-10-5-7-11(14)8-6-10/h5-8,13H,3-4,9H2,1-2H3. The van der Waals surface area contributed by atoms with Crippen LogP contribution in [0.4, 0.5) is 0 Å². The number of ketones is 1. The van der Waals surface area contributed by atoms with Gasteiger partial charge in [0.1, 0.15) is 6.10 Å². The molecule has 1 aromatic rings. The quantitative estimate of drug-likeness (QED) is 0.763. The summed E-state index contributed by atoms with van der Waals surface area (Å²) in [5.74, 6) is 0.131. The highest BCUT2D eigenvalue weighted by Crippen LogP contribution is 2.12. The summed E-state index contributed by atoms with van der Waals surface area (Å²) < 4.78 is 5.37. The molecule has 0 amide bonds. The maximum Gasteiger partial charge on any atom is 0.165 e. The fraction of sp³-hybridized carbons (Fsp3) is 0.462. The van der Waals surface area contributed by atoms with Crippen LogP contribution in [0.25, 0.3) is 0 Å². The average molecular weight is 241 g/mol. The zero-order valence-corrected chi connectivity index (χ0v) is 10.5. The van der Waals surface area contributed by atoms with Crippen molar-refractivity contribution in [2.45, 2.75) is 32.8 Å². The van der Waals surface area contributed by atoms with Crippen LogP contribution in [-0.4, -0.2) is 18.5 Å². The van der Waals surface area contributed by atoms with Crippen molar-refractivity contribution in [1.82, 2.24) is 0 Å². The molecule has 0 heterocycles. The zero-order valence-electron chi connectivity index (χ0n) is 9.70. The van der Waals surface area contributed by atoms with Crippen molar-refractivity contribution in [3.05, 3.63) is 34.9 Å². The second kappa shape index (κ2) is 6.66. The lowest BCUT2D eigenvalue weighted by Crippen LogP contribution is -2.25. The van der Waals surface area contributed by atoms with Crippen molar-refractivity contribution in [1.29, 1.82) is 0 Å². The molecule has 0 spiro atoms. The highest BCUT2D eigenvalue weighted by atomic mass is 35.5. The van der Waals surface area contributed by atoms with Crippen molar-refractivity contribution in [3.63, 3.8) is 0 Å². The second-order valence-corrected chi connectivity index (χ2v) is 4.06. The van der Waals surface area contributed by atoms with E-state index in [2.05, 4.69) is 0 Å². The molecule has 1 aromatic carbocycles. The molecule has 0 saturated carbocycles. The number of halogens is 1. The molecule has 0 saturated heterocycles. The highest BCUT2D eigenvalue weighted by molar-refractivity contribution is 6.30. The van der Waals surface area contributed by atoms with Gasteiger partial charge in [-0.3, -0.25) is 4.79 Å². The summed E-state index contributed by atoms with van der Waals surface area (Å²) in [6.45, 7) is 4.43. The maximum absolute atomic E-state index is 11.9. The lowest BCUT2D eigenvalue weighted by Gasteiger charge is -2.13. The Labute approximate surface area is 102 Å². The van der Waals surface area contributed by atoms with Crippen molar-refractivity contribution >= 4 is 17.4 Å². The van der Waals surface area contributed by atoms with Crippen LogP contribution in [0.5, 0.6) is 0 Å². The SMILES string of the molecule is CCOC(CC)C(=O)Cc1ccc(Cl)cc1. The Bertz CT molecular complexity index is 332. The minimum atomic E-state index is -0.277. The fourth-order valence-corrected chi connectivity index (χ4v) is 1.68. The monoisotopic (exact) mass is 240 g/mol. The van der Waals surface area contributed by atoms with Crippen LogP contribution >= 0.6 is 11.6 Å². The van der Waals surface area contributed by atoms with Crippen LogP contribution in [0.2, 0.25) is 5.02 Å². The van der Waals surface area contributed by atoms with E-state index in [0.717, 1.165) is 12.0 Å². The zero-order chi connectivity index (χ0) is 12.0. The summed E-state index contributed by atoms with van der Waals surface area (Å²) in [7, 11) is 0. The van der Waals surface area contributed by atoms with Crippen molar-refractivity contribution in [2.75, 3.05) is 6.61 Å². The third-order valence-corrected chi connectivity index (χ3v) is 2.64. The first-order valence-electron chi connectivity index (χ1n) is 5.56. The molecular formula is C13H17ClO2. The van der Waals surface area contributed by atoms with E-state index in [-0.39, 0.29) is 11.9 Å². The van der Waals surface area contributed by atoms with Gasteiger partial charge in [0.15, 0.2) is 5.78 Å². The van der Waals surface area contributed by atoms with Crippen LogP contribution in [0.15, 0.2) is 24.3 Å². The van der Waals surface area contributed by atoms with Crippen molar-refractivity contribution < 1.29 is 9.53 Å². The third kappa shape index (κ3) is 3.95. The Hall–Kier alpha value is -0.860. The normalized spacial score (nSPS) is 12.4. The van der Waals surface area contributed by atoms with Crippen LogP contribution in [0, 0.1) is 0 Å². The molecule has 0 aliphatic rings. The third-order valence-electron chi connectivity index (χ3n) is 2.39. The lowest BCUT2D eigenvalue weighted by molar-refractivity contribution is -0.129. The van der Waals surface area contributed by atoms with E-state index in [9.17, 15) is 4.79 Å². The van der Waals surface area contributed by atoms with Gasteiger partial charge in [-0.2, -0.15) is 0 Å². The lowest BCUT2D eigenvalue weighted by atomic mass is 10.0. The van der Waals surface area contributed by atoms with Gasteiger partial charge in [-0.15, -0.1) is 0 Å². The molecule has 0 fully saturated rings. The van der Waals surface area contributed by atoms with Gasteiger partial charge in [0.2, 0.25) is 0 Å². The molecule has 0 N–H and O–H groups in total. The predicted molar refractivity (Wildman–Crippen MR) is 65.9 cm³/mol. The van der Waals surface area contributed by atoms with Gasteiger partial charge in [0.25, 0.3) is 0 Å². The summed E-state index contributed by atoms with van der Waals surface area (Å²) >= 11 is 5.78. The Kier molecular flexibility index (Phi) is 5.50. The fourth-order valence-electron chi connectivity index (χ4n) is 1.56. The smallest absolute Gasteiger partial charge is 0.165 e. The molecule has 2 nitrogen and oxygen atoms in total. The first-order chi connectivity index (χ1) is 7.67. The molecule has 16 heavy (non-hydrogen) atoms. The Morgan fingerprint density at radius 3 is 2.44 bits per heavy atom. The number of carbonyl (C=O) groups excluding carboxylic acids is 1. The van der Waals surface area contributed by atoms with E-state index in [1.807, 2.05) is 26.0 Å². The number of rotatable bonds is 6. The van der Waals surface area contributed by atoms with E-state index in [1.165, 1.54) is 0 Å². The Morgan fingerprint density at radius 2 is 1.94 bits per heavy atom. The topological polar surface area (TPSA) is 26.3 Å². The minimum Gasteiger partial charge on any atom is -0.371 e. The molecule has 1 rings (SSSR count). The molecule has 1 unspecified atom stereocenters. The summed E-state index contributed by atoms with van der Waals surface area (Å²) in [4.78, 5) is 11.9. The summed E-state index contributed by atoms with van der Waals surface area (Å²) in [5, 5.41) is 0.688. The molecule has 0 bridgehead atoms. The van der Waals surface area contributed by atoms with Gasteiger partial charge < -0.3 is 4.74 Å². The van der Waals surface area contributed by atoms with Gasteiger partial charge in [0.05, 0.1) is 0 Å². The van der Waals surface area contributed by atoms with Gasteiger partial charge in [-0.1, -0.05) is 30.7 Å². The predicted octanol–water partition coefficient (Wildman–Crippen LogP) is 3.27. The molecular weight excluding hydrogens is 224 g/mol. The Morgan fingerprint density at radius 1 is 1.31 bits per heavy atom. The van der Waals surface area contributed by atoms with E-state index in [0.29, 0.717) is 18.1 Å². The second-order valence-electron chi connectivity index (χ2n) is 3.62. The number of hydrogen-bond donors (Lipinski definition) is 0. The van der Waals surface area contributed by atoms with E-state index >= 15 is 0 Å². The number of benzene rings is 1. The van der Waals surface area contributed by atoms with Gasteiger partial charge in [-0.25, -0.2) is 0 Å². The van der Waals surface area contributed by atoms with Crippen LogP contribution in [0.1, 0.15) is 25.8 Å². The molecule has 88 valence electrons. The molecule has 1 atom stereocenters. The van der Waals surface area contributed by atoms with E-state index < -0.39 is 0 Å². The maximum atomic E-state index is 11.9. The molecule has 0 aliphatic heterocycles. The number of carbonyl (C=O) groups is 1. The van der Waals surface area contributed by atoms with Crippen LogP contribution in [0.3, 0.4) is 0 Å². The van der Waals surface area contributed by atoms with Crippen LogP contribution in [-0.2, 0) is 16.0 Å². The van der Waals surface area contributed by atoms with Crippen molar-refractivity contribution in [3.8, 4) is 0 Å². The Balaban J connectivity index is 2.59. The summed E-state index contributed by atoms with van der Waals surface area (Å²) in [5.41, 5.74) is 0.979. The summed E-state index contributed by atoms with van der Waals surface area (Å²) in [6.07, 6.45) is 0.858. The van der Waals surface area contributed by atoms with Gasteiger partial charge in [-0.05, 0) is 31.0 Å². The average Bonchev–Trinajstić information content (AvgIpc) is 2.29. The van der Waals surface area contributed by atoms with Gasteiger partial charge in [0, 0.05) is 18.1 Å². The van der Waals surface area contributed by atoms with Crippen LogP contribution < -0.4 is 0 Å². The summed E-state index contributed by atoms with van der Waals surface area (Å²) in [6, 6.07) is 7.34. The number of ether oxygens (including phenoxy) is 1. The number of hydrogen-bond acceptors (Lipinski definition) is 2. The highest BCUT2D eigenvalue weighted by Gasteiger charge is 2.16. The van der Waals surface area contributed by atoms with Crippen molar-refractivity contribution in [2.24, 2.45) is 0 Å². The minimum absolute atomic E-state index is 0.131. The van der Waals surface area contributed by atoms with E-state index in [1.54, 1.807) is 12.1 Å². The molecule has 0 aliphatic carbocycles. The first kappa shape index (κ1) is 13.2. The molecule has 0 aromatic heterocycles.